The van der Waals surface area contributed by atoms with Gasteiger partial charge in [-0.15, -0.1) is 0 Å². The molecule has 0 bridgehead atoms. The summed E-state index contributed by atoms with van der Waals surface area (Å²) in [6.45, 7) is 5.24. The van der Waals surface area contributed by atoms with E-state index < -0.39 is 23.7 Å². The highest BCUT2D eigenvalue weighted by molar-refractivity contribution is 6.02. The van der Waals surface area contributed by atoms with Gasteiger partial charge in [0.1, 0.15) is 5.82 Å². The number of nitrogens with zero attached hydrogens (tertiary/aromatic N) is 2. The Morgan fingerprint density at radius 3 is 2.19 bits per heavy atom. The summed E-state index contributed by atoms with van der Waals surface area (Å²) in [5, 5.41) is 8.19. The normalized spacial score (nSPS) is 13.6. The monoisotopic (exact) mass is 599 g/mol. The molecule has 43 heavy (non-hydrogen) atoms. The predicted molar refractivity (Wildman–Crippen MR) is 156 cm³/mol. The Labute approximate surface area is 247 Å². The molecular formula is C31H33F4N5O3. The van der Waals surface area contributed by atoms with E-state index in [1.807, 2.05) is 18.7 Å². The fourth-order valence-electron chi connectivity index (χ4n) is 4.66. The number of alkyl halides is 3. The summed E-state index contributed by atoms with van der Waals surface area (Å²) in [5.41, 5.74) is 1.25. The first kappa shape index (κ1) is 31.3. The van der Waals surface area contributed by atoms with Gasteiger partial charge in [-0.1, -0.05) is 32.0 Å². The second-order valence-electron chi connectivity index (χ2n) is 10.7. The lowest BCUT2D eigenvalue weighted by atomic mass is 10.1. The zero-order valence-corrected chi connectivity index (χ0v) is 23.8. The Kier molecular flexibility index (Phi) is 9.89. The predicted octanol–water partition coefficient (Wildman–Crippen LogP) is 6.11. The summed E-state index contributed by atoms with van der Waals surface area (Å²) in [6.07, 6.45) is -4.21. The highest BCUT2D eigenvalue weighted by atomic mass is 19.4. The third-order valence-corrected chi connectivity index (χ3v) is 6.83. The summed E-state index contributed by atoms with van der Waals surface area (Å²) < 4.78 is 52.4. The third-order valence-electron chi connectivity index (χ3n) is 6.83. The van der Waals surface area contributed by atoms with Gasteiger partial charge in [0.15, 0.2) is 0 Å². The Hall–Kier alpha value is -4.61. The van der Waals surface area contributed by atoms with Crippen molar-refractivity contribution >= 4 is 34.9 Å². The van der Waals surface area contributed by atoms with Crippen LogP contribution in [0.3, 0.4) is 0 Å². The average molecular weight is 600 g/mol. The summed E-state index contributed by atoms with van der Waals surface area (Å²) in [6, 6.07) is 14.7. The second kappa shape index (κ2) is 13.6. The number of nitrogens with one attached hydrogen (secondary N) is 3. The van der Waals surface area contributed by atoms with Gasteiger partial charge in [-0.2, -0.15) is 13.2 Å². The van der Waals surface area contributed by atoms with E-state index in [0.717, 1.165) is 12.1 Å². The third kappa shape index (κ3) is 8.69. The number of carbonyl (C=O) groups excluding carboxylic acids is 3. The van der Waals surface area contributed by atoms with Gasteiger partial charge in [0, 0.05) is 56.2 Å². The highest BCUT2D eigenvalue weighted by Gasteiger charge is 2.31. The van der Waals surface area contributed by atoms with Crippen LogP contribution in [0.25, 0.3) is 0 Å². The number of carbonyl (C=O) groups is 3. The van der Waals surface area contributed by atoms with E-state index in [4.69, 9.17) is 0 Å². The molecule has 1 saturated heterocycles. The van der Waals surface area contributed by atoms with Gasteiger partial charge in [0.25, 0.3) is 5.91 Å². The Balaban J connectivity index is 1.46. The number of anilines is 3. The fraction of sp³-hybridized carbons (Fsp3) is 0.323. The zero-order valence-electron chi connectivity index (χ0n) is 23.8. The molecule has 12 heteroatoms. The minimum absolute atomic E-state index is 0.0393. The number of halogens is 4. The molecule has 0 atom stereocenters. The van der Waals surface area contributed by atoms with Gasteiger partial charge in [0.05, 0.1) is 11.1 Å². The van der Waals surface area contributed by atoms with Crippen molar-refractivity contribution in [1.29, 1.82) is 0 Å². The van der Waals surface area contributed by atoms with Crippen molar-refractivity contribution in [3.8, 4) is 0 Å². The van der Waals surface area contributed by atoms with Gasteiger partial charge in [-0.25, -0.2) is 9.18 Å². The SMILES string of the molecule is CC(C)CC(=O)Nc1ccc(N2CCN(C(=O)Nc3cccc(C(F)(F)F)c3)CC2)c(C(=O)NCc2ccc(F)cc2)c1. The molecule has 1 aliphatic rings. The van der Waals surface area contributed by atoms with Crippen LogP contribution in [0.1, 0.15) is 41.8 Å². The molecule has 0 unspecified atom stereocenters. The van der Waals surface area contributed by atoms with E-state index in [1.54, 1.807) is 30.3 Å². The molecule has 3 aromatic rings. The van der Waals surface area contributed by atoms with E-state index in [9.17, 15) is 31.9 Å². The van der Waals surface area contributed by atoms with E-state index in [0.29, 0.717) is 42.0 Å². The molecule has 1 fully saturated rings. The number of amides is 4. The van der Waals surface area contributed by atoms with Crippen LogP contribution in [0.2, 0.25) is 0 Å². The van der Waals surface area contributed by atoms with Gasteiger partial charge < -0.3 is 25.8 Å². The van der Waals surface area contributed by atoms with Crippen molar-refractivity contribution in [2.75, 3.05) is 41.7 Å². The smallest absolute Gasteiger partial charge is 0.367 e. The number of piperazine rings is 1. The van der Waals surface area contributed by atoms with Gasteiger partial charge >= 0.3 is 12.2 Å². The Morgan fingerprint density at radius 1 is 0.860 bits per heavy atom. The van der Waals surface area contributed by atoms with E-state index in [2.05, 4.69) is 16.0 Å². The van der Waals surface area contributed by atoms with Crippen molar-refractivity contribution < 1.29 is 31.9 Å². The summed E-state index contributed by atoms with van der Waals surface area (Å²) in [7, 11) is 0. The molecule has 3 N–H and O–H groups in total. The molecule has 4 amide bonds. The van der Waals surface area contributed by atoms with Crippen LogP contribution in [-0.2, 0) is 17.5 Å². The van der Waals surface area contributed by atoms with Gasteiger partial charge in [-0.3, -0.25) is 9.59 Å². The zero-order chi connectivity index (χ0) is 31.1. The lowest BCUT2D eigenvalue weighted by molar-refractivity contribution is -0.137. The van der Waals surface area contributed by atoms with Crippen molar-refractivity contribution in [2.24, 2.45) is 5.92 Å². The van der Waals surface area contributed by atoms with E-state index >= 15 is 0 Å². The quantitative estimate of drug-likeness (QED) is 0.272. The summed E-state index contributed by atoms with van der Waals surface area (Å²) in [4.78, 5) is 42.0. The number of urea groups is 1. The first-order valence-corrected chi connectivity index (χ1v) is 13.8. The maximum absolute atomic E-state index is 13.4. The van der Waals surface area contributed by atoms with Crippen molar-refractivity contribution in [3.63, 3.8) is 0 Å². The molecule has 0 aromatic heterocycles. The molecule has 3 aromatic carbocycles. The number of hydrogen-bond acceptors (Lipinski definition) is 4. The fourth-order valence-corrected chi connectivity index (χ4v) is 4.66. The van der Waals surface area contributed by atoms with Crippen LogP contribution in [-0.4, -0.2) is 48.9 Å². The summed E-state index contributed by atoms with van der Waals surface area (Å²) in [5.74, 6) is -0.811. The van der Waals surface area contributed by atoms with Crippen LogP contribution >= 0.6 is 0 Å². The van der Waals surface area contributed by atoms with Crippen molar-refractivity contribution in [1.82, 2.24) is 10.2 Å². The van der Waals surface area contributed by atoms with E-state index in [-0.39, 0.29) is 43.0 Å². The molecule has 8 nitrogen and oxygen atoms in total. The van der Waals surface area contributed by atoms with Crippen LogP contribution in [0.15, 0.2) is 66.7 Å². The van der Waals surface area contributed by atoms with Crippen LogP contribution in [0, 0.1) is 11.7 Å². The lowest BCUT2D eigenvalue weighted by Gasteiger charge is -2.37. The molecule has 228 valence electrons. The Bertz CT molecular complexity index is 1450. The molecule has 0 saturated carbocycles. The van der Waals surface area contributed by atoms with E-state index in [1.165, 1.54) is 29.2 Å². The van der Waals surface area contributed by atoms with Crippen LogP contribution < -0.4 is 20.9 Å². The minimum atomic E-state index is -4.53. The molecule has 0 spiro atoms. The van der Waals surface area contributed by atoms with Crippen molar-refractivity contribution in [3.05, 3.63) is 89.2 Å². The molecule has 1 heterocycles. The average Bonchev–Trinajstić information content (AvgIpc) is 2.96. The summed E-state index contributed by atoms with van der Waals surface area (Å²) >= 11 is 0. The topological polar surface area (TPSA) is 93.8 Å². The maximum atomic E-state index is 13.4. The van der Waals surface area contributed by atoms with Crippen molar-refractivity contribution in [2.45, 2.75) is 33.0 Å². The molecule has 1 aliphatic heterocycles. The molecular weight excluding hydrogens is 566 g/mol. The highest BCUT2D eigenvalue weighted by Crippen LogP contribution is 2.31. The van der Waals surface area contributed by atoms with Crippen LogP contribution in [0.5, 0.6) is 0 Å². The first-order chi connectivity index (χ1) is 20.4. The second-order valence-corrected chi connectivity index (χ2v) is 10.7. The van der Waals surface area contributed by atoms with Gasteiger partial charge in [0.2, 0.25) is 5.91 Å². The minimum Gasteiger partial charge on any atom is -0.367 e. The number of hydrogen-bond donors (Lipinski definition) is 3. The largest absolute Gasteiger partial charge is 0.416 e. The Morgan fingerprint density at radius 2 is 1.53 bits per heavy atom. The van der Waals surface area contributed by atoms with Crippen LogP contribution in [0.4, 0.5) is 39.4 Å². The number of benzene rings is 3. The number of rotatable bonds is 8. The lowest BCUT2D eigenvalue weighted by Crippen LogP contribution is -2.50. The first-order valence-electron chi connectivity index (χ1n) is 13.8. The molecule has 4 rings (SSSR count). The molecule has 0 radical (unpaired) electrons. The standard InChI is InChI=1S/C31H33F4N5O3/c1-20(2)16-28(41)37-25-10-11-27(26(18-25)29(42)36-19-21-6-8-23(32)9-7-21)39-12-14-40(15-13-39)30(43)38-24-5-3-4-22(17-24)31(33,34)35/h3-11,17-18,20H,12-16,19H2,1-2H3,(H,36,42)(H,37,41)(H,38,43). The maximum Gasteiger partial charge on any atom is 0.416 e. The van der Waals surface area contributed by atoms with Gasteiger partial charge in [-0.05, 0) is 60.0 Å². The molecule has 0 aliphatic carbocycles.